The number of aryl methyl sites for hydroxylation is 1. The second kappa shape index (κ2) is 6.10. The maximum absolute atomic E-state index is 12.4. The molecule has 1 aliphatic heterocycles. The van der Waals surface area contributed by atoms with Crippen LogP contribution in [-0.2, 0) is 9.53 Å². The molecule has 0 aliphatic carbocycles. The highest BCUT2D eigenvalue weighted by molar-refractivity contribution is 5.83. The predicted octanol–water partition coefficient (Wildman–Crippen LogP) is 3.11. The van der Waals surface area contributed by atoms with Gasteiger partial charge in [0.05, 0.1) is 19.3 Å². The Bertz CT molecular complexity index is 669. The molecule has 0 amide bonds. The zero-order valence-corrected chi connectivity index (χ0v) is 12.8. The van der Waals surface area contributed by atoms with Crippen LogP contribution in [0, 0.1) is 6.92 Å². The Balaban J connectivity index is 2.07. The minimum absolute atomic E-state index is 0.263. The van der Waals surface area contributed by atoms with E-state index in [9.17, 15) is 4.79 Å². The summed E-state index contributed by atoms with van der Waals surface area (Å²) in [4.78, 5) is 14.5. The smallest absolute Gasteiger partial charge is 0.333 e. The van der Waals surface area contributed by atoms with Crippen molar-refractivity contribution >= 4 is 11.7 Å². The lowest BCUT2D eigenvalue weighted by molar-refractivity contribution is -0.142. The first kappa shape index (κ1) is 14.4. The maximum Gasteiger partial charge on any atom is 0.333 e. The molecule has 0 saturated carbocycles. The molecular weight excluding hydrogens is 278 g/mol. The molecule has 4 heteroatoms. The van der Waals surface area contributed by atoms with E-state index in [0.29, 0.717) is 13.2 Å². The molecule has 22 heavy (non-hydrogen) atoms. The van der Waals surface area contributed by atoms with Gasteiger partial charge in [0.15, 0.2) is 6.04 Å². The highest BCUT2D eigenvalue weighted by Crippen LogP contribution is 2.38. The fourth-order valence-electron chi connectivity index (χ4n) is 2.81. The van der Waals surface area contributed by atoms with Crippen molar-refractivity contribution in [2.75, 3.05) is 25.2 Å². The quantitative estimate of drug-likeness (QED) is 0.816. The lowest BCUT2D eigenvalue weighted by atomic mass is 10.0. The number of esters is 1. The summed E-state index contributed by atoms with van der Waals surface area (Å²) in [5, 5.41) is 0. The number of carbonyl (C=O) groups excluding carboxylic acids is 1. The molecule has 0 radical (unpaired) electrons. The Labute approximate surface area is 130 Å². The van der Waals surface area contributed by atoms with Gasteiger partial charge in [-0.1, -0.05) is 36.4 Å². The molecular formula is C18H19NO3. The molecule has 114 valence electrons. The number of hydrogen-bond donors (Lipinski definition) is 0. The van der Waals surface area contributed by atoms with Crippen LogP contribution in [0.4, 0.5) is 5.69 Å². The average molecular weight is 297 g/mol. The summed E-state index contributed by atoms with van der Waals surface area (Å²) < 4.78 is 10.8. The van der Waals surface area contributed by atoms with Crippen LogP contribution >= 0.6 is 0 Å². The molecule has 1 heterocycles. The van der Waals surface area contributed by atoms with Crippen molar-refractivity contribution in [2.45, 2.75) is 13.0 Å². The van der Waals surface area contributed by atoms with Crippen molar-refractivity contribution in [3.63, 3.8) is 0 Å². The van der Waals surface area contributed by atoms with E-state index in [1.165, 1.54) is 7.11 Å². The van der Waals surface area contributed by atoms with Gasteiger partial charge in [0.2, 0.25) is 0 Å². The largest absolute Gasteiger partial charge is 0.490 e. The van der Waals surface area contributed by atoms with Gasteiger partial charge in [-0.15, -0.1) is 0 Å². The van der Waals surface area contributed by atoms with Gasteiger partial charge in [-0.2, -0.15) is 0 Å². The van der Waals surface area contributed by atoms with Gasteiger partial charge >= 0.3 is 5.97 Å². The SMILES string of the molecule is COC(=O)C(c1ccccc1)N1CCOc2ccc(C)cc21. The molecule has 0 spiro atoms. The van der Waals surface area contributed by atoms with Crippen LogP contribution in [-0.4, -0.2) is 26.2 Å². The second-order valence-corrected chi connectivity index (χ2v) is 5.35. The molecule has 4 nitrogen and oxygen atoms in total. The highest BCUT2D eigenvalue weighted by atomic mass is 16.5. The number of ether oxygens (including phenoxy) is 2. The molecule has 0 bridgehead atoms. The van der Waals surface area contributed by atoms with Crippen molar-refractivity contribution < 1.29 is 14.3 Å². The van der Waals surface area contributed by atoms with Crippen molar-refractivity contribution in [1.82, 2.24) is 0 Å². The molecule has 1 atom stereocenters. The zero-order chi connectivity index (χ0) is 15.5. The summed E-state index contributed by atoms with van der Waals surface area (Å²) >= 11 is 0. The van der Waals surface area contributed by atoms with Gasteiger partial charge in [0.1, 0.15) is 12.4 Å². The first-order chi connectivity index (χ1) is 10.7. The van der Waals surface area contributed by atoms with E-state index in [1.807, 2.05) is 55.5 Å². The third-order valence-corrected chi connectivity index (χ3v) is 3.87. The zero-order valence-electron chi connectivity index (χ0n) is 12.8. The fourth-order valence-corrected chi connectivity index (χ4v) is 2.81. The van der Waals surface area contributed by atoms with Gasteiger partial charge in [-0.3, -0.25) is 0 Å². The van der Waals surface area contributed by atoms with E-state index >= 15 is 0 Å². The number of nitrogens with zero attached hydrogens (tertiary/aromatic N) is 1. The number of anilines is 1. The van der Waals surface area contributed by atoms with Crippen molar-refractivity contribution in [2.24, 2.45) is 0 Å². The first-order valence-electron chi connectivity index (χ1n) is 7.33. The Morgan fingerprint density at radius 2 is 2.00 bits per heavy atom. The van der Waals surface area contributed by atoms with Crippen LogP contribution in [0.2, 0.25) is 0 Å². The van der Waals surface area contributed by atoms with Gasteiger partial charge < -0.3 is 14.4 Å². The third kappa shape index (κ3) is 2.64. The van der Waals surface area contributed by atoms with Gasteiger partial charge in [0.25, 0.3) is 0 Å². The number of fused-ring (bicyclic) bond motifs is 1. The van der Waals surface area contributed by atoms with Crippen LogP contribution < -0.4 is 9.64 Å². The van der Waals surface area contributed by atoms with E-state index in [0.717, 1.165) is 22.6 Å². The van der Waals surface area contributed by atoms with Crippen LogP contribution in [0.25, 0.3) is 0 Å². The van der Waals surface area contributed by atoms with Crippen molar-refractivity contribution in [3.05, 3.63) is 59.7 Å². The highest BCUT2D eigenvalue weighted by Gasteiger charge is 2.32. The summed E-state index contributed by atoms with van der Waals surface area (Å²) in [7, 11) is 1.43. The summed E-state index contributed by atoms with van der Waals surface area (Å²) in [5.41, 5.74) is 2.99. The molecule has 2 aromatic rings. The molecule has 0 saturated heterocycles. The van der Waals surface area contributed by atoms with Crippen LogP contribution in [0.15, 0.2) is 48.5 Å². The number of carbonyl (C=O) groups is 1. The molecule has 0 aromatic heterocycles. The Hall–Kier alpha value is -2.49. The number of hydrogen-bond acceptors (Lipinski definition) is 4. The van der Waals surface area contributed by atoms with Gasteiger partial charge in [0, 0.05) is 0 Å². The molecule has 1 aliphatic rings. The summed E-state index contributed by atoms with van der Waals surface area (Å²) in [6, 6.07) is 15.3. The Morgan fingerprint density at radius 1 is 1.23 bits per heavy atom. The minimum atomic E-state index is -0.462. The normalized spacial score (nSPS) is 14.7. The molecule has 0 fully saturated rings. The first-order valence-corrected chi connectivity index (χ1v) is 7.33. The van der Waals surface area contributed by atoms with Gasteiger partial charge in [-0.25, -0.2) is 4.79 Å². The van der Waals surface area contributed by atoms with E-state index < -0.39 is 6.04 Å². The van der Waals surface area contributed by atoms with Crippen LogP contribution in [0.1, 0.15) is 17.2 Å². The maximum atomic E-state index is 12.4. The van der Waals surface area contributed by atoms with Gasteiger partial charge in [-0.05, 0) is 30.2 Å². The fraction of sp³-hybridized carbons (Fsp3) is 0.278. The number of benzene rings is 2. The summed E-state index contributed by atoms with van der Waals surface area (Å²) in [6.07, 6.45) is 0. The average Bonchev–Trinajstić information content (AvgIpc) is 2.56. The Kier molecular flexibility index (Phi) is 4.00. The molecule has 3 rings (SSSR count). The molecule has 0 N–H and O–H groups in total. The monoisotopic (exact) mass is 297 g/mol. The second-order valence-electron chi connectivity index (χ2n) is 5.35. The lowest BCUT2D eigenvalue weighted by Crippen LogP contribution is -2.40. The molecule has 2 aromatic carbocycles. The van der Waals surface area contributed by atoms with E-state index in [1.54, 1.807) is 0 Å². The number of rotatable bonds is 3. The van der Waals surface area contributed by atoms with Crippen molar-refractivity contribution in [1.29, 1.82) is 0 Å². The predicted molar refractivity (Wildman–Crippen MR) is 85.2 cm³/mol. The van der Waals surface area contributed by atoms with Crippen LogP contribution in [0.3, 0.4) is 0 Å². The van der Waals surface area contributed by atoms with Crippen molar-refractivity contribution in [3.8, 4) is 5.75 Å². The molecule has 1 unspecified atom stereocenters. The topological polar surface area (TPSA) is 38.8 Å². The third-order valence-electron chi connectivity index (χ3n) is 3.87. The van der Waals surface area contributed by atoms with E-state index in [4.69, 9.17) is 9.47 Å². The summed E-state index contributed by atoms with van der Waals surface area (Å²) in [5.74, 6) is 0.544. The number of methoxy groups -OCH3 is 1. The van der Waals surface area contributed by atoms with E-state index in [-0.39, 0.29) is 5.97 Å². The van der Waals surface area contributed by atoms with E-state index in [2.05, 4.69) is 4.90 Å². The Morgan fingerprint density at radius 3 is 2.73 bits per heavy atom. The standard InChI is InChI=1S/C18H19NO3/c1-13-8-9-16-15(12-13)19(10-11-22-16)17(18(20)21-2)14-6-4-3-5-7-14/h3-9,12,17H,10-11H2,1-2H3. The lowest BCUT2D eigenvalue weighted by Gasteiger charge is -2.36. The van der Waals surface area contributed by atoms with Crippen LogP contribution in [0.5, 0.6) is 5.75 Å². The minimum Gasteiger partial charge on any atom is -0.490 e. The summed E-state index contributed by atoms with van der Waals surface area (Å²) in [6.45, 7) is 3.23.